The molecule has 0 aliphatic carbocycles. The Hall–Kier alpha value is -2.57. The summed E-state index contributed by atoms with van der Waals surface area (Å²) < 4.78 is 9.22. The number of esters is 2. The summed E-state index contributed by atoms with van der Waals surface area (Å²) in [5.74, 6) is -1.36. The Morgan fingerprint density at radius 1 is 1.16 bits per heavy atom. The molecule has 0 aliphatic heterocycles. The minimum Gasteiger partial charge on any atom is -0.465 e. The predicted octanol–water partition coefficient (Wildman–Crippen LogP) is 0.428. The van der Waals surface area contributed by atoms with Crippen molar-refractivity contribution in [1.82, 2.24) is 5.32 Å². The Kier molecular flexibility index (Phi) is 4.87. The molecule has 0 fully saturated rings. The van der Waals surface area contributed by atoms with E-state index < -0.39 is 18.0 Å². The van der Waals surface area contributed by atoms with Crippen molar-refractivity contribution in [2.45, 2.75) is 6.54 Å². The molecule has 7 heteroatoms. The molecule has 7 nitrogen and oxygen atoms in total. The number of hydrogen-bond donors (Lipinski definition) is 2. The van der Waals surface area contributed by atoms with Crippen molar-refractivity contribution in [3.8, 4) is 0 Å². The average molecular weight is 266 g/mol. The highest BCUT2D eigenvalue weighted by atomic mass is 16.5. The van der Waals surface area contributed by atoms with Gasteiger partial charge in [0.25, 0.3) is 0 Å². The van der Waals surface area contributed by atoms with E-state index in [2.05, 4.69) is 14.8 Å². The highest BCUT2D eigenvalue weighted by Gasteiger charge is 2.21. The molecule has 1 aromatic carbocycles. The fourth-order valence-electron chi connectivity index (χ4n) is 1.55. The van der Waals surface area contributed by atoms with E-state index in [1.807, 2.05) is 0 Å². The number of carbonyl (C=O) groups is 3. The van der Waals surface area contributed by atoms with Crippen LogP contribution >= 0.6 is 0 Å². The van der Waals surface area contributed by atoms with Crippen LogP contribution in [0.15, 0.2) is 18.2 Å². The van der Waals surface area contributed by atoms with Gasteiger partial charge in [-0.15, -0.1) is 0 Å². The smallest absolute Gasteiger partial charge is 0.339 e. The number of rotatable bonds is 4. The van der Waals surface area contributed by atoms with E-state index in [0.717, 1.165) is 0 Å². The lowest BCUT2D eigenvalue weighted by Crippen LogP contribution is -2.29. The predicted molar refractivity (Wildman–Crippen MR) is 65.5 cm³/mol. The van der Waals surface area contributed by atoms with E-state index in [-0.39, 0.29) is 17.7 Å². The molecule has 1 rings (SSSR count). The van der Waals surface area contributed by atoms with E-state index in [0.29, 0.717) is 5.56 Å². The van der Waals surface area contributed by atoms with Gasteiger partial charge >= 0.3 is 18.0 Å². The third-order valence-electron chi connectivity index (χ3n) is 2.40. The molecular formula is C12H14N2O5. The Morgan fingerprint density at radius 3 is 2.32 bits per heavy atom. The normalized spacial score (nSPS) is 9.58. The first-order valence-corrected chi connectivity index (χ1v) is 5.33. The first-order chi connectivity index (χ1) is 9.01. The molecule has 2 amide bonds. The molecule has 0 heterocycles. The van der Waals surface area contributed by atoms with Gasteiger partial charge in [0, 0.05) is 6.54 Å². The van der Waals surface area contributed by atoms with Gasteiger partial charge in [0.2, 0.25) is 0 Å². The molecule has 0 radical (unpaired) electrons. The number of benzene rings is 1. The lowest BCUT2D eigenvalue weighted by molar-refractivity contribution is 0.0554. The Labute approximate surface area is 109 Å². The van der Waals surface area contributed by atoms with Crippen LogP contribution in [0, 0.1) is 0 Å². The van der Waals surface area contributed by atoms with E-state index >= 15 is 0 Å². The molecule has 0 spiro atoms. The zero-order valence-electron chi connectivity index (χ0n) is 10.6. The van der Waals surface area contributed by atoms with Gasteiger partial charge < -0.3 is 20.5 Å². The van der Waals surface area contributed by atoms with Gasteiger partial charge in [-0.05, 0) is 11.6 Å². The summed E-state index contributed by atoms with van der Waals surface area (Å²) in [6.45, 7) is 0.00456. The van der Waals surface area contributed by atoms with Crippen LogP contribution in [0.2, 0.25) is 0 Å². The maximum atomic E-state index is 11.7. The SMILES string of the molecule is COC(=O)c1cccc(CNC(N)=O)c1C(=O)OC. The quantitative estimate of drug-likeness (QED) is 0.768. The summed E-state index contributed by atoms with van der Waals surface area (Å²) in [4.78, 5) is 34.1. The highest BCUT2D eigenvalue weighted by molar-refractivity contribution is 6.04. The maximum Gasteiger partial charge on any atom is 0.339 e. The summed E-state index contributed by atoms with van der Waals surface area (Å²) in [6, 6.07) is 3.84. The van der Waals surface area contributed by atoms with Crippen molar-refractivity contribution in [2.24, 2.45) is 5.73 Å². The van der Waals surface area contributed by atoms with Crippen molar-refractivity contribution >= 4 is 18.0 Å². The van der Waals surface area contributed by atoms with Crippen molar-refractivity contribution in [2.75, 3.05) is 14.2 Å². The monoisotopic (exact) mass is 266 g/mol. The van der Waals surface area contributed by atoms with Crippen LogP contribution in [0.25, 0.3) is 0 Å². The number of nitrogens with two attached hydrogens (primary N) is 1. The molecule has 0 atom stereocenters. The van der Waals surface area contributed by atoms with E-state index in [1.165, 1.54) is 20.3 Å². The first kappa shape index (κ1) is 14.5. The van der Waals surface area contributed by atoms with Crippen LogP contribution in [0.1, 0.15) is 26.3 Å². The number of methoxy groups -OCH3 is 2. The number of carbonyl (C=O) groups excluding carboxylic acids is 3. The topological polar surface area (TPSA) is 108 Å². The second-order valence-corrected chi connectivity index (χ2v) is 3.54. The van der Waals surface area contributed by atoms with Gasteiger partial charge in [-0.25, -0.2) is 14.4 Å². The summed E-state index contributed by atoms with van der Waals surface area (Å²) >= 11 is 0. The van der Waals surface area contributed by atoms with E-state index in [4.69, 9.17) is 5.73 Å². The second kappa shape index (κ2) is 6.39. The van der Waals surface area contributed by atoms with Crippen molar-refractivity contribution in [3.05, 3.63) is 34.9 Å². The molecule has 1 aromatic rings. The average Bonchev–Trinajstić information content (AvgIpc) is 2.42. The molecule has 3 N–H and O–H groups in total. The second-order valence-electron chi connectivity index (χ2n) is 3.54. The van der Waals surface area contributed by atoms with Gasteiger partial charge in [-0.2, -0.15) is 0 Å². The molecule has 0 unspecified atom stereocenters. The van der Waals surface area contributed by atoms with Gasteiger partial charge in [-0.3, -0.25) is 0 Å². The Morgan fingerprint density at radius 2 is 1.79 bits per heavy atom. The molecule has 19 heavy (non-hydrogen) atoms. The molecular weight excluding hydrogens is 252 g/mol. The van der Waals surface area contributed by atoms with Crippen LogP contribution in [0.4, 0.5) is 4.79 Å². The van der Waals surface area contributed by atoms with Gasteiger partial charge in [0.05, 0.1) is 25.3 Å². The third kappa shape index (κ3) is 3.44. The minimum absolute atomic E-state index is 0.00456. The molecule has 0 aromatic heterocycles. The lowest BCUT2D eigenvalue weighted by Gasteiger charge is -2.11. The van der Waals surface area contributed by atoms with Crippen LogP contribution in [0.3, 0.4) is 0 Å². The first-order valence-electron chi connectivity index (χ1n) is 5.33. The molecule has 102 valence electrons. The van der Waals surface area contributed by atoms with E-state index in [1.54, 1.807) is 12.1 Å². The van der Waals surface area contributed by atoms with Crippen LogP contribution in [-0.4, -0.2) is 32.2 Å². The minimum atomic E-state index is -0.737. The fraction of sp³-hybridized carbons (Fsp3) is 0.250. The summed E-state index contributed by atoms with van der Waals surface area (Å²) in [7, 11) is 2.40. The van der Waals surface area contributed by atoms with E-state index in [9.17, 15) is 14.4 Å². The zero-order valence-corrected chi connectivity index (χ0v) is 10.6. The lowest BCUT2D eigenvalue weighted by atomic mass is 10.0. The summed E-state index contributed by atoms with van der Waals surface area (Å²) in [5, 5.41) is 2.34. The molecule has 0 bridgehead atoms. The van der Waals surface area contributed by atoms with Crippen LogP contribution < -0.4 is 11.1 Å². The van der Waals surface area contributed by atoms with Crippen LogP contribution in [-0.2, 0) is 16.0 Å². The van der Waals surface area contributed by atoms with Crippen molar-refractivity contribution in [3.63, 3.8) is 0 Å². The third-order valence-corrected chi connectivity index (χ3v) is 2.40. The van der Waals surface area contributed by atoms with Crippen molar-refractivity contribution in [1.29, 1.82) is 0 Å². The molecule has 0 aliphatic rings. The van der Waals surface area contributed by atoms with Crippen LogP contribution in [0.5, 0.6) is 0 Å². The van der Waals surface area contributed by atoms with Gasteiger partial charge in [0.15, 0.2) is 0 Å². The standard InChI is InChI=1S/C12H14N2O5/c1-18-10(15)8-5-3-4-7(6-14-12(13)17)9(8)11(16)19-2/h3-5H,6H2,1-2H3,(H3,13,14,17). The maximum absolute atomic E-state index is 11.7. The number of hydrogen-bond acceptors (Lipinski definition) is 5. The van der Waals surface area contributed by atoms with Gasteiger partial charge in [-0.1, -0.05) is 12.1 Å². The number of amides is 2. The fourth-order valence-corrected chi connectivity index (χ4v) is 1.55. The number of urea groups is 1. The Bertz CT molecular complexity index is 513. The summed E-state index contributed by atoms with van der Waals surface area (Å²) in [6.07, 6.45) is 0. The van der Waals surface area contributed by atoms with Gasteiger partial charge in [0.1, 0.15) is 0 Å². The largest absolute Gasteiger partial charge is 0.465 e. The number of ether oxygens (including phenoxy) is 2. The van der Waals surface area contributed by atoms with Crippen molar-refractivity contribution < 1.29 is 23.9 Å². The summed E-state index contributed by atoms with van der Waals surface area (Å²) in [5.41, 5.74) is 5.49. The highest BCUT2D eigenvalue weighted by Crippen LogP contribution is 2.17. The number of primary amides is 1. The Balaban J connectivity index is 3.25. The molecule has 0 saturated heterocycles. The zero-order chi connectivity index (χ0) is 14.4. The molecule has 0 saturated carbocycles. The number of nitrogens with one attached hydrogen (secondary N) is 1.